The summed E-state index contributed by atoms with van der Waals surface area (Å²) in [7, 11) is 0. The van der Waals surface area contributed by atoms with Crippen molar-refractivity contribution in [1.82, 2.24) is 0 Å². The zero-order valence-corrected chi connectivity index (χ0v) is 10.5. The Balaban J connectivity index is 2.59. The van der Waals surface area contributed by atoms with Gasteiger partial charge in [-0.3, -0.25) is 4.79 Å². The maximum atomic E-state index is 11.2. The number of carboxylic acids is 1. The van der Waals surface area contributed by atoms with Gasteiger partial charge in [0, 0.05) is 0 Å². The normalized spacial score (nSPS) is 12.7. The molecule has 1 aromatic carbocycles. The summed E-state index contributed by atoms with van der Waals surface area (Å²) in [5.74, 6) is -0.202. The Kier molecular flexibility index (Phi) is 5.39. The highest BCUT2D eigenvalue weighted by atomic mass is 32.2. The topological polar surface area (TPSA) is 37.3 Å². The number of hydrogen-bond donors (Lipinski definition) is 1. The van der Waals surface area contributed by atoms with Gasteiger partial charge in [0.25, 0.3) is 0 Å². The van der Waals surface area contributed by atoms with Crippen molar-refractivity contribution in [1.29, 1.82) is 0 Å². The Morgan fingerprint density at radius 3 is 2.44 bits per heavy atom. The van der Waals surface area contributed by atoms with Crippen LogP contribution in [0, 0.1) is 0 Å². The summed E-state index contributed by atoms with van der Waals surface area (Å²) in [5, 5.41) is 9.74. The monoisotopic (exact) mass is 238 g/mol. The lowest BCUT2D eigenvalue weighted by Crippen LogP contribution is -2.12. The van der Waals surface area contributed by atoms with Crippen molar-refractivity contribution in [3.8, 4) is 0 Å². The van der Waals surface area contributed by atoms with Crippen LogP contribution in [-0.2, 0) is 4.79 Å². The minimum absolute atomic E-state index is 0.368. The number of aliphatic carboxylic acids is 1. The van der Waals surface area contributed by atoms with Gasteiger partial charge in [0.2, 0.25) is 0 Å². The molecule has 1 unspecified atom stereocenters. The second-order valence-corrected chi connectivity index (χ2v) is 5.69. The molecule has 88 valence electrons. The van der Waals surface area contributed by atoms with Crippen LogP contribution in [0.25, 0.3) is 0 Å². The average Bonchev–Trinajstić information content (AvgIpc) is 2.25. The molecule has 0 amide bonds. The third-order valence-electron chi connectivity index (χ3n) is 2.36. The summed E-state index contributed by atoms with van der Waals surface area (Å²) in [4.78, 5) is 11.2. The maximum absolute atomic E-state index is 11.2. The van der Waals surface area contributed by atoms with E-state index < -0.39 is 5.97 Å². The van der Waals surface area contributed by atoms with E-state index in [9.17, 15) is 9.90 Å². The molecule has 0 aliphatic carbocycles. The molecule has 1 atom stereocenters. The molecular formula is C13H18O2S. The van der Waals surface area contributed by atoms with Crippen molar-refractivity contribution >= 4 is 17.7 Å². The van der Waals surface area contributed by atoms with Crippen LogP contribution in [0.15, 0.2) is 30.3 Å². The van der Waals surface area contributed by atoms with Crippen LogP contribution in [-0.4, -0.2) is 22.1 Å². The van der Waals surface area contributed by atoms with Crippen molar-refractivity contribution in [3.63, 3.8) is 0 Å². The highest BCUT2D eigenvalue weighted by Crippen LogP contribution is 2.23. The Hall–Kier alpha value is -0.960. The van der Waals surface area contributed by atoms with E-state index >= 15 is 0 Å². The van der Waals surface area contributed by atoms with Gasteiger partial charge in [-0.15, -0.1) is 0 Å². The van der Waals surface area contributed by atoms with Gasteiger partial charge in [-0.25, -0.2) is 0 Å². The van der Waals surface area contributed by atoms with E-state index in [0.29, 0.717) is 11.7 Å². The predicted octanol–water partition coefficient (Wildman–Crippen LogP) is 3.39. The van der Waals surface area contributed by atoms with Crippen LogP contribution in [0.1, 0.15) is 31.7 Å². The minimum atomic E-state index is -0.726. The van der Waals surface area contributed by atoms with Crippen LogP contribution >= 0.6 is 11.8 Å². The third kappa shape index (κ3) is 4.27. The zero-order valence-electron chi connectivity index (χ0n) is 9.72. The highest BCUT2D eigenvalue weighted by Gasteiger charge is 2.18. The smallest absolute Gasteiger partial charge is 0.311 e. The predicted molar refractivity (Wildman–Crippen MR) is 69.0 cm³/mol. The number of carboxylic acid groups (broad SMARTS) is 1. The van der Waals surface area contributed by atoms with Crippen molar-refractivity contribution in [2.24, 2.45) is 0 Å². The Morgan fingerprint density at radius 1 is 1.31 bits per heavy atom. The summed E-state index contributed by atoms with van der Waals surface area (Å²) in [6.07, 6.45) is 0.697. The first-order chi connectivity index (χ1) is 7.61. The van der Waals surface area contributed by atoms with E-state index in [4.69, 9.17) is 0 Å². The van der Waals surface area contributed by atoms with Crippen molar-refractivity contribution < 1.29 is 9.90 Å². The molecule has 3 heteroatoms. The summed E-state index contributed by atoms with van der Waals surface area (Å²) in [6.45, 7) is 4.26. The summed E-state index contributed by atoms with van der Waals surface area (Å²) in [5.41, 5.74) is 0.902. The molecule has 0 spiro atoms. The summed E-state index contributed by atoms with van der Waals surface area (Å²) in [6, 6.07) is 9.46. The lowest BCUT2D eigenvalue weighted by Gasteiger charge is -2.13. The van der Waals surface area contributed by atoms with Gasteiger partial charge < -0.3 is 5.11 Å². The van der Waals surface area contributed by atoms with Gasteiger partial charge >= 0.3 is 5.97 Å². The van der Waals surface area contributed by atoms with Crippen molar-refractivity contribution in [2.45, 2.75) is 31.4 Å². The van der Waals surface area contributed by atoms with E-state index in [-0.39, 0.29) is 5.92 Å². The van der Waals surface area contributed by atoms with E-state index in [1.807, 2.05) is 42.1 Å². The van der Waals surface area contributed by atoms with E-state index in [0.717, 1.165) is 11.3 Å². The van der Waals surface area contributed by atoms with Gasteiger partial charge in [0.1, 0.15) is 0 Å². The molecule has 1 aromatic rings. The van der Waals surface area contributed by atoms with Crippen LogP contribution in [0.5, 0.6) is 0 Å². The largest absolute Gasteiger partial charge is 0.481 e. The molecule has 0 saturated heterocycles. The second kappa shape index (κ2) is 6.59. The minimum Gasteiger partial charge on any atom is -0.481 e. The summed E-state index contributed by atoms with van der Waals surface area (Å²) < 4.78 is 0. The molecule has 0 aliphatic rings. The lowest BCUT2D eigenvalue weighted by molar-refractivity contribution is -0.138. The molecule has 1 N–H and O–H groups in total. The quantitative estimate of drug-likeness (QED) is 0.825. The first kappa shape index (κ1) is 13.1. The van der Waals surface area contributed by atoms with Gasteiger partial charge in [-0.2, -0.15) is 11.8 Å². The van der Waals surface area contributed by atoms with E-state index in [1.165, 1.54) is 0 Å². The highest BCUT2D eigenvalue weighted by molar-refractivity contribution is 7.99. The summed E-state index contributed by atoms with van der Waals surface area (Å²) >= 11 is 1.81. The molecule has 16 heavy (non-hydrogen) atoms. The fraction of sp³-hybridized carbons (Fsp3) is 0.462. The SMILES string of the molecule is CC(C)SCCC(C(=O)O)c1ccccc1. The third-order valence-corrected chi connectivity index (χ3v) is 3.50. The average molecular weight is 238 g/mol. The Bertz CT molecular complexity index is 322. The number of thioether (sulfide) groups is 1. The van der Waals surface area contributed by atoms with Crippen LogP contribution < -0.4 is 0 Å². The standard InChI is InChI=1S/C13H18O2S/c1-10(2)16-9-8-12(13(14)15)11-6-4-3-5-7-11/h3-7,10,12H,8-9H2,1-2H3,(H,14,15). The molecule has 1 rings (SSSR count). The van der Waals surface area contributed by atoms with Crippen LogP contribution in [0.3, 0.4) is 0 Å². The van der Waals surface area contributed by atoms with Crippen LogP contribution in [0.4, 0.5) is 0 Å². The molecule has 0 saturated carbocycles. The van der Waals surface area contributed by atoms with E-state index in [2.05, 4.69) is 13.8 Å². The van der Waals surface area contributed by atoms with Gasteiger partial charge in [-0.05, 0) is 23.0 Å². The van der Waals surface area contributed by atoms with Gasteiger partial charge in [0.05, 0.1) is 5.92 Å². The molecule has 2 nitrogen and oxygen atoms in total. The maximum Gasteiger partial charge on any atom is 0.311 e. The van der Waals surface area contributed by atoms with E-state index in [1.54, 1.807) is 0 Å². The molecule has 0 aromatic heterocycles. The molecule has 0 heterocycles. The van der Waals surface area contributed by atoms with Crippen molar-refractivity contribution in [3.05, 3.63) is 35.9 Å². The van der Waals surface area contributed by atoms with Gasteiger partial charge in [0.15, 0.2) is 0 Å². The molecular weight excluding hydrogens is 220 g/mol. The lowest BCUT2D eigenvalue weighted by atomic mass is 9.97. The Labute approximate surface area is 101 Å². The number of hydrogen-bond acceptors (Lipinski definition) is 2. The fourth-order valence-corrected chi connectivity index (χ4v) is 2.38. The molecule has 0 bridgehead atoms. The van der Waals surface area contributed by atoms with Crippen LogP contribution in [0.2, 0.25) is 0 Å². The number of benzene rings is 1. The number of carbonyl (C=O) groups is 1. The first-order valence-electron chi connectivity index (χ1n) is 5.50. The molecule has 0 fully saturated rings. The number of rotatable bonds is 6. The molecule has 0 radical (unpaired) electrons. The Morgan fingerprint density at radius 2 is 1.94 bits per heavy atom. The van der Waals surface area contributed by atoms with Gasteiger partial charge in [-0.1, -0.05) is 44.2 Å². The fourth-order valence-electron chi connectivity index (χ4n) is 1.54. The zero-order chi connectivity index (χ0) is 12.0. The second-order valence-electron chi connectivity index (χ2n) is 4.01. The first-order valence-corrected chi connectivity index (χ1v) is 6.55. The van der Waals surface area contributed by atoms with Crippen molar-refractivity contribution in [2.75, 3.05) is 5.75 Å². The molecule has 0 aliphatic heterocycles.